The van der Waals surface area contributed by atoms with Gasteiger partial charge in [0.25, 0.3) is 5.91 Å². The molecule has 0 unspecified atom stereocenters. The minimum Gasteiger partial charge on any atom is -0.322 e. The number of benzene rings is 2. The van der Waals surface area contributed by atoms with Gasteiger partial charge in [-0.15, -0.1) is 11.8 Å². The van der Waals surface area contributed by atoms with Crippen molar-refractivity contribution in [3.8, 4) is 0 Å². The highest BCUT2D eigenvalue weighted by Crippen LogP contribution is 2.39. The Morgan fingerprint density at radius 3 is 2.81 bits per heavy atom. The number of thioether (sulfide) groups is 1. The van der Waals surface area contributed by atoms with Gasteiger partial charge in [-0.05, 0) is 45.8 Å². The number of carbonyl (C=O) groups is 1. The van der Waals surface area contributed by atoms with Crippen molar-refractivity contribution in [3.05, 3.63) is 69.2 Å². The highest BCUT2D eigenvalue weighted by Gasteiger charge is 2.31. The van der Waals surface area contributed by atoms with E-state index in [1.807, 2.05) is 53.4 Å². The molecular weight excluding hydrogens is 370 g/mol. The SMILES string of the molecule is O=C(c1ccccc1Br)N1CCS[C@@H]1c1cccc(Cl)c1. The highest BCUT2D eigenvalue weighted by molar-refractivity contribution is 9.10. The van der Waals surface area contributed by atoms with Gasteiger partial charge in [-0.1, -0.05) is 35.9 Å². The minimum atomic E-state index is 0.0308. The van der Waals surface area contributed by atoms with Crippen LogP contribution in [0.1, 0.15) is 21.3 Å². The van der Waals surface area contributed by atoms with E-state index in [4.69, 9.17) is 11.6 Å². The highest BCUT2D eigenvalue weighted by atomic mass is 79.9. The summed E-state index contributed by atoms with van der Waals surface area (Å²) in [4.78, 5) is 14.7. The van der Waals surface area contributed by atoms with E-state index in [0.717, 1.165) is 22.3 Å². The third-order valence-electron chi connectivity index (χ3n) is 3.39. The average molecular weight is 383 g/mol. The van der Waals surface area contributed by atoms with Crippen LogP contribution < -0.4 is 0 Å². The van der Waals surface area contributed by atoms with Crippen LogP contribution in [0.5, 0.6) is 0 Å². The summed E-state index contributed by atoms with van der Waals surface area (Å²) >= 11 is 11.3. The van der Waals surface area contributed by atoms with Crippen LogP contribution in [-0.4, -0.2) is 23.1 Å². The van der Waals surface area contributed by atoms with E-state index >= 15 is 0 Å². The second-order valence-corrected chi connectivity index (χ2v) is 7.24. The Labute approximate surface area is 141 Å². The molecule has 2 aromatic rings. The molecule has 0 spiro atoms. The topological polar surface area (TPSA) is 20.3 Å². The molecule has 2 aromatic carbocycles. The molecule has 1 heterocycles. The van der Waals surface area contributed by atoms with E-state index in [2.05, 4.69) is 15.9 Å². The van der Waals surface area contributed by atoms with Gasteiger partial charge in [-0.2, -0.15) is 0 Å². The Morgan fingerprint density at radius 1 is 1.24 bits per heavy atom. The predicted molar refractivity (Wildman–Crippen MR) is 91.8 cm³/mol. The summed E-state index contributed by atoms with van der Waals surface area (Å²) in [5.41, 5.74) is 1.78. The van der Waals surface area contributed by atoms with Crippen LogP contribution in [0.15, 0.2) is 53.0 Å². The largest absolute Gasteiger partial charge is 0.322 e. The summed E-state index contributed by atoms with van der Waals surface area (Å²) in [6.45, 7) is 0.752. The molecule has 0 saturated carbocycles. The molecule has 5 heteroatoms. The zero-order valence-electron chi connectivity index (χ0n) is 11.1. The first-order chi connectivity index (χ1) is 10.2. The standard InChI is InChI=1S/C16H13BrClNOS/c17-14-7-2-1-6-13(14)15(20)19-8-9-21-16(19)11-4-3-5-12(18)10-11/h1-7,10,16H,8-9H2/t16-/m1/s1. The molecule has 1 amide bonds. The molecule has 3 rings (SSSR count). The number of rotatable bonds is 2. The Morgan fingerprint density at radius 2 is 2.05 bits per heavy atom. The molecule has 1 saturated heterocycles. The smallest absolute Gasteiger partial charge is 0.256 e. The normalized spacial score (nSPS) is 18.0. The zero-order chi connectivity index (χ0) is 14.8. The van der Waals surface area contributed by atoms with Gasteiger partial charge in [-0.25, -0.2) is 0 Å². The molecule has 0 aliphatic carbocycles. The Balaban J connectivity index is 1.91. The number of amides is 1. The van der Waals surface area contributed by atoms with Gasteiger partial charge in [0.1, 0.15) is 5.37 Å². The van der Waals surface area contributed by atoms with E-state index in [9.17, 15) is 4.79 Å². The van der Waals surface area contributed by atoms with Gasteiger partial charge in [0.05, 0.1) is 5.56 Å². The lowest BCUT2D eigenvalue weighted by Gasteiger charge is -2.24. The second-order valence-electron chi connectivity index (χ2n) is 4.76. The van der Waals surface area contributed by atoms with E-state index in [0.29, 0.717) is 10.6 Å². The maximum absolute atomic E-state index is 12.8. The lowest BCUT2D eigenvalue weighted by atomic mass is 10.1. The van der Waals surface area contributed by atoms with Gasteiger partial charge in [-0.3, -0.25) is 4.79 Å². The number of nitrogens with zero attached hydrogens (tertiary/aromatic N) is 1. The van der Waals surface area contributed by atoms with Gasteiger partial charge >= 0.3 is 0 Å². The van der Waals surface area contributed by atoms with Crippen LogP contribution in [0, 0.1) is 0 Å². The van der Waals surface area contributed by atoms with Gasteiger partial charge < -0.3 is 4.90 Å². The van der Waals surface area contributed by atoms with E-state index in [1.54, 1.807) is 11.8 Å². The average Bonchev–Trinajstić information content (AvgIpc) is 2.96. The molecule has 0 bridgehead atoms. The fourth-order valence-corrected chi connectivity index (χ4v) is 4.30. The van der Waals surface area contributed by atoms with Crippen molar-refractivity contribution in [1.82, 2.24) is 4.90 Å². The van der Waals surface area contributed by atoms with Crippen molar-refractivity contribution in [3.63, 3.8) is 0 Å². The summed E-state index contributed by atoms with van der Waals surface area (Å²) in [5, 5.41) is 0.733. The van der Waals surface area contributed by atoms with Gasteiger partial charge in [0.15, 0.2) is 0 Å². The van der Waals surface area contributed by atoms with Crippen molar-refractivity contribution in [2.45, 2.75) is 5.37 Å². The maximum atomic E-state index is 12.8. The molecule has 108 valence electrons. The van der Waals surface area contributed by atoms with Crippen molar-refractivity contribution < 1.29 is 4.79 Å². The number of halogens is 2. The van der Waals surface area contributed by atoms with Crippen LogP contribution in [0.4, 0.5) is 0 Å². The molecular formula is C16H13BrClNOS. The minimum absolute atomic E-state index is 0.0308. The Hall–Kier alpha value is -0.970. The molecule has 1 atom stereocenters. The molecule has 0 radical (unpaired) electrons. The molecule has 1 aliphatic heterocycles. The summed E-state index contributed by atoms with van der Waals surface area (Å²) in [6.07, 6.45) is 0. The monoisotopic (exact) mass is 381 g/mol. The first-order valence-electron chi connectivity index (χ1n) is 6.59. The second kappa shape index (κ2) is 6.42. The van der Waals surface area contributed by atoms with Crippen LogP contribution >= 0.6 is 39.3 Å². The molecule has 2 nitrogen and oxygen atoms in total. The summed E-state index contributed by atoms with van der Waals surface area (Å²) < 4.78 is 0.830. The van der Waals surface area contributed by atoms with Crippen LogP contribution in [0.3, 0.4) is 0 Å². The van der Waals surface area contributed by atoms with Crippen LogP contribution in [0.2, 0.25) is 5.02 Å². The van der Waals surface area contributed by atoms with Crippen molar-refractivity contribution in [2.24, 2.45) is 0 Å². The molecule has 1 aliphatic rings. The van der Waals surface area contributed by atoms with Crippen molar-refractivity contribution >= 4 is 45.2 Å². The third kappa shape index (κ3) is 3.12. The fraction of sp³-hybridized carbons (Fsp3) is 0.188. The quantitative estimate of drug-likeness (QED) is 0.729. The first kappa shape index (κ1) is 14.9. The zero-order valence-corrected chi connectivity index (χ0v) is 14.3. The molecule has 1 fully saturated rings. The van der Waals surface area contributed by atoms with E-state index in [1.165, 1.54) is 0 Å². The lowest BCUT2D eigenvalue weighted by molar-refractivity contribution is 0.0759. The van der Waals surface area contributed by atoms with E-state index in [-0.39, 0.29) is 11.3 Å². The maximum Gasteiger partial charge on any atom is 0.256 e. The van der Waals surface area contributed by atoms with Crippen LogP contribution in [-0.2, 0) is 0 Å². The van der Waals surface area contributed by atoms with Gasteiger partial charge in [0.2, 0.25) is 0 Å². The fourth-order valence-electron chi connectivity index (χ4n) is 2.40. The molecule has 0 aromatic heterocycles. The van der Waals surface area contributed by atoms with Crippen LogP contribution in [0.25, 0.3) is 0 Å². The summed E-state index contributed by atoms with van der Waals surface area (Å²) in [5.74, 6) is 0.991. The predicted octanol–water partition coefficient (Wildman–Crippen LogP) is 4.99. The van der Waals surface area contributed by atoms with Crippen molar-refractivity contribution in [1.29, 1.82) is 0 Å². The van der Waals surface area contributed by atoms with E-state index < -0.39 is 0 Å². The third-order valence-corrected chi connectivity index (χ3v) is 5.58. The Bertz CT molecular complexity index is 679. The number of carbonyl (C=O) groups excluding carboxylic acids is 1. The first-order valence-corrected chi connectivity index (χ1v) is 8.81. The number of hydrogen-bond acceptors (Lipinski definition) is 2. The van der Waals surface area contributed by atoms with Crippen molar-refractivity contribution in [2.75, 3.05) is 12.3 Å². The lowest BCUT2D eigenvalue weighted by Crippen LogP contribution is -2.30. The Kier molecular flexibility index (Phi) is 4.57. The van der Waals surface area contributed by atoms with Gasteiger partial charge in [0, 0.05) is 21.8 Å². The molecule has 21 heavy (non-hydrogen) atoms. The summed E-state index contributed by atoms with van der Waals surface area (Å²) in [7, 11) is 0. The number of hydrogen-bond donors (Lipinski definition) is 0. The summed E-state index contributed by atoms with van der Waals surface area (Å²) in [6, 6.07) is 15.3. The molecule has 0 N–H and O–H groups in total.